The number of aromatic nitrogens is 2. The molecule has 33 heavy (non-hydrogen) atoms. The van der Waals surface area contributed by atoms with Gasteiger partial charge in [0.1, 0.15) is 5.75 Å². The minimum absolute atomic E-state index is 0. The fourth-order valence-electron chi connectivity index (χ4n) is 3.39. The molecule has 170 valence electrons. The molecule has 1 aromatic heterocycles. The van der Waals surface area contributed by atoms with Crippen molar-refractivity contribution >= 4 is 30.8 Å². The number of carboxylic acids is 1. The van der Waals surface area contributed by atoms with Crippen LogP contribution < -0.4 is 10.5 Å². The summed E-state index contributed by atoms with van der Waals surface area (Å²) in [6, 6.07) is 20.7. The molecule has 0 saturated heterocycles. The monoisotopic (exact) mass is 483 g/mol. The van der Waals surface area contributed by atoms with Crippen LogP contribution in [0, 0.1) is 6.92 Å². The van der Waals surface area contributed by atoms with Crippen molar-refractivity contribution in [2.24, 2.45) is 5.73 Å². The lowest BCUT2D eigenvalue weighted by molar-refractivity contribution is 0.0697. The number of rotatable bonds is 6. The Kier molecular flexibility index (Phi) is 8.94. The highest BCUT2D eigenvalue weighted by molar-refractivity contribution is 5.95. The maximum absolute atomic E-state index is 11.5. The average Bonchev–Trinajstić information content (AvgIpc) is 2.79. The molecule has 4 rings (SSSR count). The molecule has 0 fully saturated rings. The zero-order chi connectivity index (χ0) is 21.8. The topological polar surface area (TPSA) is 98.3 Å². The van der Waals surface area contributed by atoms with E-state index in [4.69, 9.17) is 10.5 Å². The van der Waals surface area contributed by atoms with Crippen LogP contribution in [0.5, 0.6) is 11.6 Å². The summed E-state index contributed by atoms with van der Waals surface area (Å²) in [5.74, 6) is -0.122. The van der Waals surface area contributed by atoms with E-state index in [1.807, 2.05) is 37.3 Å². The van der Waals surface area contributed by atoms with Crippen molar-refractivity contribution in [2.75, 3.05) is 0 Å². The predicted octanol–water partition coefficient (Wildman–Crippen LogP) is 5.91. The van der Waals surface area contributed by atoms with Gasteiger partial charge in [-0.1, -0.05) is 42.5 Å². The third kappa shape index (κ3) is 6.08. The van der Waals surface area contributed by atoms with Crippen molar-refractivity contribution in [2.45, 2.75) is 13.5 Å². The van der Waals surface area contributed by atoms with Gasteiger partial charge in [0.25, 0.3) is 0 Å². The summed E-state index contributed by atoms with van der Waals surface area (Å²) in [6.07, 6.45) is 3.03. The lowest BCUT2D eigenvalue weighted by atomic mass is 10.0. The molecule has 0 spiro atoms. The summed E-state index contributed by atoms with van der Waals surface area (Å²) in [4.78, 5) is 20.2. The second-order valence-corrected chi connectivity index (χ2v) is 7.13. The fourth-order valence-corrected chi connectivity index (χ4v) is 3.39. The summed E-state index contributed by atoms with van der Waals surface area (Å²) < 4.78 is 5.99. The van der Waals surface area contributed by atoms with Crippen molar-refractivity contribution in [1.29, 1.82) is 0 Å². The van der Waals surface area contributed by atoms with Gasteiger partial charge < -0.3 is 15.6 Å². The minimum atomic E-state index is -1.02. The second kappa shape index (κ2) is 11.4. The van der Waals surface area contributed by atoms with Gasteiger partial charge in [-0.3, -0.25) is 4.98 Å². The normalized spacial score (nSPS) is 10.0. The third-order valence-electron chi connectivity index (χ3n) is 4.82. The number of hydrogen-bond donors (Lipinski definition) is 2. The van der Waals surface area contributed by atoms with E-state index >= 15 is 0 Å². The second-order valence-electron chi connectivity index (χ2n) is 7.13. The first kappa shape index (κ1) is 25.8. The van der Waals surface area contributed by atoms with Gasteiger partial charge in [-0.05, 0) is 53.4 Å². The van der Waals surface area contributed by atoms with Crippen LogP contribution in [-0.2, 0) is 6.54 Å². The van der Waals surface area contributed by atoms with Gasteiger partial charge in [0.15, 0.2) is 0 Å². The van der Waals surface area contributed by atoms with Crippen molar-refractivity contribution < 1.29 is 14.6 Å². The Labute approximate surface area is 204 Å². The fraction of sp³-hybridized carbons (Fsp3) is 0.0800. The van der Waals surface area contributed by atoms with Crippen molar-refractivity contribution in [1.82, 2.24) is 9.97 Å². The number of nitrogens with two attached hydrogens (primary N) is 1. The van der Waals surface area contributed by atoms with Crippen LogP contribution in [0.4, 0.5) is 0 Å². The minimum Gasteiger partial charge on any atom is -0.478 e. The molecule has 0 aliphatic rings. The standard InChI is InChI=1S/C25H21N3O3.2ClH/c1-16-9-19(18-6-4-5-17(11-18)13-26)12-20(10-16)31-24-15-27-14-23(28-24)21-7-2-3-8-22(21)25(29)30;;/h2-12,14-15H,13,26H2,1H3,(H,29,30);2*1H. The van der Waals surface area contributed by atoms with Crippen LogP contribution in [0.15, 0.2) is 79.1 Å². The van der Waals surface area contributed by atoms with E-state index in [9.17, 15) is 9.90 Å². The first-order valence-corrected chi connectivity index (χ1v) is 9.77. The molecule has 1 heterocycles. The maximum Gasteiger partial charge on any atom is 0.336 e. The van der Waals surface area contributed by atoms with Crippen molar-refractivity contribution in [3.8, 4) is 34.0 Å². The van der Waals surface area contributed by atoms with E-state index in [1.54, 1.807) is 18.2 Å². The molecule has 3 aromatic carbocycles. The largest absolute Gasteiger partial charge is 0.478 e. The van der Waals surface area contributed by atoms with Crippen LogP contribution in [-0.4, -0.2) is 21.0 Å². The molecular weight excluding hydrogens is 461 g/mol. The molecule has 0 aliphatic carbocycles. The first-order valence-electron chi connectivity index (χ1n) is 9.77. The molecule has 0 amide bonds. The van der Waals surface area contributed by atoms with Crippen molar-refractivity contribution in [3.63, 3.8) is 0 Å². The molecule has 0 atom stereocenters. The number of benzene rings is 3. The van der Waals surface area contributed by atoms with Gasteiger partial charge in [-0.15, -0.1) is 24.8 Å². The quantitative estimate of drug-likeness (QED) is 0.353. The molecule has 0 aliphatic heterocycles. The Morgan fingerprint density at radius 3 is 2.52 bits per heavy atom. The summed E-state index contributed by atoms with van der Waals surface area (Å²) >= 11 is 0. The highest BCUT2D eigenvalue weighted by Gasteiger charge is 2.13. The van der Waals surface area contributed by atoms with E-state index < -0.39 is 5.97 Å². The van der Waals surface area contributed by atoms with Gasteiger partial charge in [0.2, 0.25) is 5.88 Å². The Bertz CT molecular complexity index is 1270. The van der Waals surface area contributed by atoms with Gasteiger partial charge in [0, 0.05) is 12.1 Å². The van der Waals surface area contributed by atoms with Crippen LogP contribution in [0.1, 0.15) is 21.5 Å². The average molecular weight is 484 g/mol. The molecule has 0 bridgehead atoms. The van der Waals surface area contributed by atoms with E-state index in [0.717, 1.165) is 22.3 Å². The Morgan fingerprint density at radius 2 is 1.76 bits per heavy atom. The van der Waals surface area contributed by atoms with Crippen LogP contribution in [0.25, 0.3) is 22.4 Å². The summed E-state index contributed by atoms with van der Waals surface area (Å²) in [6.45, 7) is 2.47. The van der Waals surface area contributed by atoms with Gasteiger partial charge in [0.05, 0.1) is 23.7 Å². The number of aryl methyl sites for hydroxylation is 1. The molecule has 8 heteroatoms. The van der Waals surface area contributed by atoms with Crippen LogP contribution >= 0.6 is 24.8 Å². The Morgan fingerprint density at radius 1 is 0.970 bits per heavy atom. The summed E-state index contributed by atoms with van der Waals surface area (Å²) in [5, 5.41) is 9.45. The summed E-state index contributed by atoms with van der Waals surface area (Å²) in [7, 11) is 0. The third-order valence-corrected chi connectivity index (χ3v) is 4.82. The molecule has 0 radical (unpaired) electrons. The van der Waals surface area contributed by atoms with Crippen molar-refractivity contribution in [3.05, 3.63) is 95.8 Å². The van der Waals surface area contributed by atoms with E-state index in [1.165, 1.54) is 18.5 Å². The molecule has 3 N–H and O–H groups in total. The number of halogens is 2. The molecule has 4 aromatic rings. The molecular formula is C25H23Cl2N3O3. The molecule has 6 nitrogen and oxygen atoms in total. The first-order chi connectivity index (χ1) is 15.0. The Balaban J connectivity index is 0.00000193. The van der Waals surface area contributed by atoms with Crippen LogP contribution in [0.2, 0.25) is 0 Å². The van der Waals surface area contributed by atoms with E-state index in [0.29, 0.717) is 23.6 Å². The zero-order valence-corrected chi connectivity index (χ0v) is 19.4. The number of carbonyl (C=O) groups is 1. The SMILES string of the molecule is Cc1cc(Oc2cncc(-c3ccccc3C(=O)O)n2)cc(-c2cccc(CN)c2)c1.Cl.Cl. The highest BCUT2D eigenvalue weighted by atomic mass is 35.5. The van der Waals surface area contributed by atoms with E-state index in [-0.39, 0.29) is 36.3 Å². The predicted molar refractivity (Wildman–Crippen MR) is 134 cm³/mol. The smallest absolute Gasteiger partial charge is 0.336 e. The molecule has 0 unspecified atom stereocenters. The lowest BCUT2D eigenvalue weighted by Gasteiger charge is -2.11. The molecule has 0 saturated carbocycles. The Hall–Kier alpha value is -3.45. The van der Waals surface area contributed by atoms with Gasteiger partial charge in [-0.25, -0.2) is 9.78 Å². The number of hydrogen-bond acceptors (Lipinski definition) is 5. The summed E-state index contributed by atoms with van der Waals surface area (Å²) in [5.41, 5.74) is 11.0. The number of ether oxygens (including phenoxy) is 1. The lowest BCUT2D eigenvalue weighted by Crippen LogP contribution is -2.01. The maximum atomic E-state index is 11.5. The number of aromatic carboxylic acids is 1. The zero-order valence-electron chi connectivity index (χ0n) is 17.8. The van der Waals surface area contributed by atoms with Crippen LogP contribution in [0.3, 0.4) is 0 Å². The number of carboxylic acid groups (broad SMARTS) is 1. The number of nitrogens with zero attached hydrogens (tertiary/aromatic N) is 2. The van der Waals surface area contributed by atoms with Gasteiger partial charge >= 0.3 is 5.97 Å². The van der Waals surface area contributed by atoms with E-state index in [2.05, 4.69) is 22.1 Å². The van der Waals surface area contributed by atoms with Gasteiger partial charge in [-0.2, -0.15) is 0 Å². The highest BCUT2D eigenvalue weighted by Crippen LogP contribution is 2.30.